The third kappa shape index (κ3) is 4.01. The van der Waals surface area contributed by atoms with Crippen LogP contribution in [-0.2, 0) is 16.0 Å². The number of aryl methyl sites for hydroxylation is 2. The normalized spacial score (nSPS) is 18.6. The van der Waals surface area contributed by atoms with Gasteiger partial charge in [0.05, 0.1) is 23.3 Å². The molecule has 2 heterocycles. The lowest BCUT2D eigenvalue weighted by atomic mass is 10.1. The van der Waals surface area contributed by atoms with Crippen molar-refractivity contribution in [3.8, 4) is 12.1 Å². The van der Waals surface area contributed by atoms with Crippen LogP contribution in [0.2, 0.25) is 0 Å². The lowest BCUT2D eigenvalue weighted by molar-refractivity contribution is -0.127. The number of carbonyl (C=O) groups excluding carboxylic acids is 2. The van der Waals surface area contributed by atoms with E-state index in [0.29, 0.717) is 24.4 Å². The van der Waals surface area contributed by atoms with Crippen LogP contribution < -0.4 is 5.32 Å². The number of nitrogens with one attached hydrogen (secondary N) is 2. The minimum absolute atomic E-state index is 0.114. The van der Waals surface area contributed by atoms with E-state index in [1.807, 2.05) is 13.0 Å². The molecule has 1 aromatic rings. The number of imidazole rings is 1. The topological polar surface area (TPSA) is 126 Å². The van der Waals surface area contributed by atoms with Crippen molar-refractivity contribution in [3.05, 3.63) is 28.3 Å². The molecule has 8 nitrogen and oxygen atoms in total. The Kier molecular flexibility index (Phi) is 6.20. The van der Waals surface area contributed by atoms with E-state index in [1.54, 1.807) is 19.3 Å². The third-order valence-electron chi connectivity index (χ3n) is 3.82. The summed E-state index contributed by atoms with van der Waals surface area (Å²) in [6, 6.07) is 3.65. The maximum absolute atomic E-state index is 12.6. The summed E-state index contributed by atoms with van der Waals surface area (Å²) in [6.07, 6.45) is 2.81. The molecule has 2 rings (SSSR count). The van der Waals surface area contributed by atoms with Crippen LogP contribution >= 0.6 is 11.8 Å². The summed E-state index contributed by atoms with van der Waals surface area (Å²) in [6.45, 7) is 3.89. The molecular formula is C16H18N6O2S. The molecule has 1 aliphatic rings. The van der Waals surface area contributed by atoms with E-state index in [-0.39, 0.29) is 23.3 Å². The first-order valence-electron chi connectivity index (χ1n) is 7.79. The zero-order valence-electron chi connectivity index (χ0n) is 14.0. The molecule has 0 bridgehead atoms. The van der Waals surface area contributed by atoms with Crippen LogP contribution in [0.1, 0.15) is 24.7 Å². The van der Waals surface area contributed by atoms with Gasteiger partial charge in [0.25, 0.3) is 5.91 Å². The van der Waals surface area contributed by atoms with Gasteiger partial charge in [0, 0.05) is 12.2 Å². The molecule has 0 saturated carbocycles. The second kappa shape index (κ2) is 8.36. The number of thioether (sulfide) groups is 1. The van der Waals surface area contributed by atoms with E-state index in [1.165, 1.54) is 16.7 Å². The van der Waals surface area contributed by atoms with Gasteiger partial charge in [-0.2, -0.15) is 10.5 Å². The Morgan fingerprint density at radius 2 is 2.28 bits per heavy atom. The SMILES string of the molecule is CCN1C(=O)C(CCc2nc[nH]c2C)SC1=C(C#N)C(=O)NCC#N. The number of nitrogens with zero attached hydrogens (tertiary/aromatic N) is 4. The summed E-state index contributed by atoms with van der Waals surface area (Å²) in [5.74, 6) is -0.752. The Morgan fingerprint density at radius 3 is 2.84 bits per heavy atom. The largest absolute Gasteiger partial charge is 0.348 e. The van der Waals surface area contributed by atoms with Crippen molar-refractivity contribution >= 4 is 23.6 Å². The molecule has 1 unspecified atom stereocenters. The predicted octanol–water partition coefficient (Wildman–Crippen LogP) is 0.990. The van der Waals surface area contributed by atoms with Crippen LogP contribution in [0.25, 0.3) is 0 Å². The van der Waals surface area contributed by atoms with Crippen LogP contribution in [0.3, 0.4) is 0 Å². The lowest BCUT2D eigenvalue weighted by Crippen LogP contribution is -2.31. The molecule has 0 aromatic carbocycles. The van der Waals surface area contributed by atoms with Gasteiger partial charge in [0.1, 0.15) is 23.2 Å². The second-order valence-electron chi connectivity index (χ2n) is 5.33. The van der Waals surface area contributed by atoms with Crippen LogP contribution in [0.15, 0.2) is 16.9 Å². The van der Waals surface area contributed by atoms with Crippen LogP contribution in [-0.4, -0.2) is 45.0 Å². The van der Waals surface area contributed by atoms with Crippen molar-refractivity contribution in [2.24, 2.45) is 0 Å². The van der Waals surface area contributed by atoms with Crippen molar-refractivity contribution in [3.63, 3.8) is 0 Å². The molecule has 0 aliphatic carbocycles. The summed E-state index contributed by atoms with van der Waals surface area (Å²) in [7, 11) is 0. The van der Waals surface area contributed by atoms with Crippen molar-refractivity contribution in [1.82, 2.24) is 20.2 Å². The lowest BCUT2D eigenvalue weighted by Gasteiger charge is -2.15. The van der Waals surface area contributed by atoms with Crippen molar-refractivity contribution < 1.29 is 9.59 Å². The number of nitriles is 2. The van der Waals surface area contributed by atoms with E-state index in [9.17, 15) is 14.9 Å². The molecule has 0 radical (unpaired) electrons. The maximum Gasteiger partial charge on any atom is 0.265 e. The quantitative estimate of drug-likeness (QED) is 0.444. The number of aromatic nitrogens is 2. The number of hydrogen-bond donors (Lipinski definition) is 2. The first-order chi connectivity index (χ1) is 12.0. The van der Waals surface area contributed by atoms with E-state index in [2.05, 4.69) is 15.3 Å². The van der Waals surface area contributed by atoms with Gasteiger partial charge < -0.3 is 15.2 Å². The smallest absolute Gasteiger partial charge is 0.265 e. The molecule has 1 fully saturated rings. The number of rotatable bonds is 6. The third-order valence-corrected chi connectivity index (χ3v) is 5.18. The summed E-state index contributed by atoms with van der Waals surface area (Å²) in [4.78, 5) is 33.4. The maximum atomic E-state index is 12.6. The number of carbonyl (C=O) groups is 2. The fourth-order valence-corrected chi connectivity index (χ4v) is 3.85. The minimum atomic E-state index is -0.637. The highest BCUT2D eigenvalue weighted by molar-refractivity contribution is 8.04. The van der Waals surface area contributed by atoms with Gasteiger partial charge in [-0.1, -0.05) is 11.8 Å². The molecule has 2 amide bonds. The van der Waals surface area contributed by atoms with Gasteiger partial charge in [-0.15, -0.1) is 0 Å². The molecule has 1 saturated heterocycles. The van der Waals surface area contributed by atoms with Gasteiger partial charge in [-0.25, -0.2) is 4.98 Å². The molecule has 25 heavy (non-hydrogen) atoms. The summed E-state index contributed by atoms with van der Waals surface area (Å²) in [5.41, 5.74) is 1.74. The number of hydrogen-bond acceptors (Lipinski definition) is 6. The highest BCUT2D eigenvalue weighted by Crippen LogP contribution is 2.39. The average Bonchev–Trinajstić information content (AvgIpc) is 3.15. The molecule has 1 aliphatic heterocycles. The van der Waals surface area contributed by atoms with Crippen molar-refractivity contribution in [2.45, 2.75) is 31.9 Å². The summed E-state index contributed by atoms with van der Waals surface area (Å²) in [5, 5.41) is 20.2. The molecule has 2 N–H and O–H groups in total. The second-order valence-corrected chi connectivity index (χ2v) is 6.53. The first-order valence-corrected chi connectivity index (χ1v) is 8.67. The molecule has 0 spiro atoms. The van der Waals surface area contributed by atoms with Gasteiger partial charge in [0.2, 0.25) is 5.91 Å². The average molecular weight is 358 g/mol. The van der Waals surface area contributed by atoms with E-state index < -0.39 is 5.91 Å². The first kappa shape index (κ1) is 18.6. The molecule has 1 aromatic heterocycles. The van der Waals surface area contributed by atoms with Crippen LogP contribution in [0.5, 0.6) is 0 Å². The van der Waals surface area contributed by atoms with Gasteiger partial charge in [-0.3, -0.25) is 9.59 Å². The highest BCUT2D eigenvalue weighted by Gasteiger charge is 2.38. The van der Waals surface area contributed by atoms with E-state index >= 15 is 0 Å². The fraction of sp³-hybridized carbons (Fsp3) is 0.438. The number of aromatic amines is 1. The van der Waals surface area contributed by atoms with Gasteiger partial charge in [0.15, 0.2) is 0 Å². The summed E-state index contributed by atoms with van der Waals surface area (Å²) < 4.78 is 0. The molecular weight excluding hydrogens is 340 g/mol. The van der Waals surface area contributed by atoms with Crippen molar-refractivity contribution in [1.29, 1.82) is 10.5 Å². The molecule has 1 atom stereocenters. The Labute approximate surface area is 149 Å². The monoisotopic (exact) mass is 358 g/mol. The number of H-pyrrole nitrogens is 1. The Bertz CT molecular complexity index is 785. The standard InChI is InChI=1S/C16H18N6O2S/c1-3-22-15(24)13(5-4-12-10(2)20-9-21-12)25-16(22)11(8-18)14(23)19-7-6-17/h9,13H,3-5,7H2,1-2H3,(H,19,23)(H,20,21). The minimum Gasteiger partial charge on any atom is -0.348 e. The Balaban J connectivity index is 2.19. The van der Waals surface area contributed by atoms with Gasteiger partial charge >= 0.3 is 0 Å². The fourth-order valence-electron chi connectivity index (χ4n) is 2.51. The molecule has 9 heteroatoms. The van der Waals surface area contributed by atoms with Gasteiger partial charge in [-0.05, 0) is 26.7 Å². The van der Waals surface area contributed by atoms with Crippen LogP contribution in [0.4, 0.5) is 0 Å². The Morgan fingerprint density at radius 1 is 1.52 bits per heavy atom. The Hall–Kier alpha value is -2.78. The highest BCUT2D eigenvalue weighted by atomic mass is 32.2. The molecule has 130 valence electrons. The van der Waals surface area contributed by atoms with E-state index in [0.717, 1.165) is 11.4 Å². The predicted molar refractivity (Wildman–Crippen MR) is 91.7 cm³/mol. The summed E-state index contributed by atoms with van der Waals surface area (Å²) >= 11 is 1.23. The van der Waals surface area contributed by atoms with E-state index in [4.69, 9.17) is 5.26 Å². The van der Waals surface area contributed by atoms with Crippen molar-refractivity contribution in [2.75, 3.05) is 13.1 Å². The zero-order valence-corrected chi connectivity index (χ0v) is 14.8. The van der Waals surface area contributed by atoms with Crippen LogP contribution in [0, 0.1) is 29.6 Å². The zero-order chi connectivity index (χ0) is 18.4. The number of amides is 2.